The highest BCUT2D eigenvalue weighted by Crippen LogP contribution is 2.38. The predicted molar refractivity (Wildman–Crippen MR) is 85.4 cm³/mol. The molecule has 1 amide bonds. The topological polar surface area (TPSA) is 55.1 Å². The number of amides is 1. The van der Waals surface area contributed by atoms with Gasteiger partial charge in [-0.3, -0.25) is 4.79 Å². The van der Waals surface area contributed by atoms with Gasteiger partial charge in [-0.15, -0.1) is 11.8 Å². The molecular weight excluding hydrogens is 276 g/mol. The molecule has 0 spiro atoms. The number of thioether (sulfide) groups is 1. The zero-order chi connectivity index (χ0) is 13.9. The Hall–Kier alpha value is -0.290. The number of hydrogen-bond donors (Lipinski definition) is 2. The van der Waals surface area contributed by atoms with Crippen LogP contribution in [0.1, 0.15) is 51.9 Å². The fourth-order valence-electron chi connectivity index (χ4n) is 3.14. The fourth-order valence-corrected chi connectivity index (χ4v) is 4.61. The third kappa shape index (κ3) is 3.63. The predicted octanol–water partition coefficient (Wildman–Crippen LogP) is 2.62. The van der Waals surface area contributed by atoms with E-state index in [4.69, 9.17) is 18.0 Å². The number of rotatable bonds is 4. The first-order valence-corrected chi connectivity index (χ1v) is 8.66. The third-order valence-electron chi connectivity index (χ3n) is 4.41. The molecule has 1 saturated heterocycles. The second-order valence-electron chi connectivity index (χ2n) is 5.93. The summed E-state index contributed by atoms with van der Waals surface area (Å²) in [6.07, 6.45) is 8.09. The summed E-state index contributed by atoms with van der Waals surface area (Å²) in [7, 11) is 0. The molecule has 2 aliphatic rings. The number of nitrogens with one attached hydrogen (secondary N) is 1. The number of carbonyl (C=O) groups excluding carboxylic acids is 1. The van der Waals surface area contributed by atoms with Gasteiger partial charge in [-0.05, 0) is 44.3 Å². The molecule has 0 aromatic heterocycles. The second-order valence-corrected chi connectivity index (χ2v) is 8.00. The van der Waals surface area contributed by atoms with E-state index in [2.05, 4.69) is 5.32 Å². The molecule has 108 valence electrons. The first kappa shape index (κ1) is 15.1. The van der Waals surface area contributed by atoms with Crippen molar-refractivity contribution in [3.8, 4) is 0 Å². The van der Waals surface area contributed by atoms with Crippen molar-refractivity contribution >= 4 is 34.9 Å². The van der Waals surface area contributed by atoms with E-state index in [-0.39, 0.29) is 16.7 Å². The summed E-state index contributed by atoms with van der Waals surface area (Å²) in [5.41, 5.74) is 5.87. The lowest BCUT2D eigenvalue weighted by Gasteiger charge is -2.32. The molecule has 2 rings (SSSR count). The molecule has 0 aromatic carbocycles. The van der Waals surface area contributed by atoms with Gasteiger partial charge in [0, 0.05) is 0 Å². The van der Waals surface area contributed by atoms with Crippen molar-refractivity contribution in [3.05, 3.63) is 0 Å². The van der Waals surface area contributed by atoms with Crippen LogP contribution in [0.2, 0.25) is 0 Å². The molecule has 1 aliphatic heterocycles. The second kappa shape index (κ2) is 6.44. The average molecular weight is 300 g/mol. The Morgan fingerprint density at radius 1 is 1.37 bits per heavy atom. The summed E-state index contributed by atoms with van der Waals surface area (Å²) in [6, 6.07) is -0.110. The third-order valence-corrected chi connectivity index (χ3v) is 6.19. The minimum absolute atomic E-state index is 0.110. The highest BCUT2D eigenvalue weighted by Gasteiger charge is 2.39. The van der Waals surface area contributed by atoms with Gasteiger partial charge in [0.05, 0.1) is 15.8 Å². The smallest absolute Gasteiger partial charge is 0.236 e. The van der Waals surface area contributed by atoms with Crippen LogP contribution < -0.4 is 11.1 Å². The summed E-state index contributed by atoms with van der Waals surface area (Å²) in [4.78, 5) is 12.9. The monoisotopic (exact) mass is 300 g/mol. The maximum atomic E-state index is 12.5. The summed E-state index contributed by atoms with van der Waals surface area (Å²) >= 11 is 6.94. The van der Waals surface area contributed by atoms with E-state index >= 15 is 0 Å². The molecule has 3 N–H and O–H groups in total. The Morgan fingerprint density at radius 2 is 2.05 bits per heavy atom. The fraction of sp³-hybridized carbons (Fsp3) is 0.857. The standard InChI is InChI=1S/C14H24N2OS2/c1-14(8-5-9-19-14)13(17)16-11(12(15)18)10-6-3-2-4-7-10/h10-11H,2-9H2,1H3,(H2,15,18)(H,16,17). The molecule has 0 radical (unpaired) electrons. The Labute approximate surface area is 125 Å². The van der Waals surface area contributed by atoms with Gasteiger partial charge in [-0.1, -0.05) is 31.5 Å². The van der Waals surface area contributed by atoms with Crippen LogP contribution in [0.4, 0.5) is 0 Å². The van der Waals surface area contributed by atoms with Crippen LogP contribution in [-0.4, -0.2) is 27.4 Å². The minimum atomic E-state index is -0.280. The van der Waals surface area contributed by atoms with Crippen molar-refractivity contribution in [2.24, 2.45) is 11.7 Å². The molecule has 2 unspecified atom stereocenters. The van der Waals surface area contributed by atoms with Crippen molar-refractivity contribution in [2.45, 2.75) is 62.7 Å². The average Bonchev–Trinajstić information content (AvgIpc) is 2.84. The number of nitrogens with two attached hydrogens (primary N) is 1. The largest absolute Gasteiger partial charge is 0.392 e. The maximum absolute atomic E-state index is 12.5. The van der Waals surface area contributed by atoms with Crippen molar-refractivity contribution < 1.29 is 4.79 Å². The van der Waals surface area contributed by atoms with E-state index in [1.807, 2.05) is 6.92 Å². The number of carbonyl (C=O) groups is 1. The molecule has 5 heteroatoms. The van der Waals surface area contributed by atoms with Gasteiger partial charge < -0.3 is 11.1 Å². The van der Waals surface area contributed by atoms with E-state index in [0.29, 0.717) is 10.9 Å². The molecule has 0 bridgehead atoms. The molecule has 1 aliphatic carbocycles. The van der Waals surface area contributed by atoms with Crippen LogP contribution in [0.5, 0.6) is 0 Å². The first-order chi connectivity index (χ1) is 9.03. The van der Waals surface area contributed by atoms with Crippen LogP contribution in [0.3, 0.4) is 0 Å². The van der Waals surface area contributed by atoms with Crippen LogP contribution in [-0.2, 0) is 4.79 Å². The SMILES string of the molecule is CC1(C(=O)NC(C(N)=S)C2CCCCC2)CCCS1. The number of thiocarbonyl (C=S) groups is 1. The minimum Gasteiger partial charge on any atom is -0.392 e. The Kier molecular flexibility index (Phi) is 5.12. The molecular formula is C14H24N2OS2. The van der Waals surface area contributed by atoms with Gasteiger partial charge >= 0.3 is 0 Å². The van der Waals surface area contributed by atoms with Gasteiger partial charge in [-0.25, -0.2) is 0 Å². The van der Waals surface area contributed by atoms with Gasteiger partial charge in [-0.2, -0.15) is 0 Å². The summed E-state index contributed by atoms with van der Waals surface area (Å²) in [5.74, 6) is 1.63. The molecule has 3 nitrogen and oxygen atoms in total. The molecule has 1 heterocycles. The van der Waals surface area contributed by atoms with Gasteiger partial charge in [0.25, 0.3) is 0 Å². The molecule has 2 fully saturated rings. The van der Waals surface area contributed by atoms with Crippen molar-refractivity contribution in [1.82, 2.24) is 5.32 Å². The van der Waals surface area contributed by atoms with Crippen LogP contribution in [0.25, 0.3) is 0 Å². The maximum Gasteiger partial charge on any atom is 0.236 e. The van der Waals surface area contributed by atoms with Gasteiger partial charge in [0.1, 0.15) is 0 Å². The first-order valence-electron chi connectivity index (χ1n) is 7.27. The normalized spacial score (nSPS) is 29.9. The van der Waals surface area contributed by atoms with E-state index in [9.17, 15) is 4.79 Å². The summed E-state index contributed by atoms with van der Waals surface area (Å²) in [5, 5.41) is 3.14. The van der Waals surface area contributed by atoms with E-state index in [1.165, 1.54) is 19.3 Å². The van der Waals surface area contributed by atoms with Crippen LogP contribution >= 0.6 is 24.0 Å². The van der Waals surface area contributed by atoms with E-state index in [0.717, 1.165) is 31.4 Å². The van der Waals surface area contributed by atoms with E-state index < -0.39 is 0 Å². The molecule has 1 saturated carbocycles. The highest BCUT2D eigenvalue weighted by molar-refractivity contribution is 8.01. The lowest BCUT2D eigenvalue weighted by molar-refractivity contribution is -0.123. The lowest BCUT2D eigenvalue weighted by atomic mass is 9.83. The summed E-state index contributed by atoms with van der Waals surface area (Å²) < 4.78 is -0.280. The number of hydrogen-bond acceptors (Lipinski definition) is 3. The zero-order valence-corrected chi connectivity index (χ0v) is 13.2. The summed E-state index contributed by atoms with van der Waals surface area (Å²) in [6.45, 7) is 2.04. The van der Waals surface area contributed by atoms with Crippen molar-refractivity contribution in [2.75, 3.05) is 5.75 Å². The molecule has 19 heavy (non-hydrogen) atoms. The van der Waals surface area contributed by atoms with E-state index in [1.54, 1.807) is 11.8 Å². The lowest BCUT2D eigenvalue weighted by Crippen LogP contribution is -2.53. The quantitative estimate of drug-likeness (QED) is 0.784. The Bertz CT molecular complexity index is 347. The van der Waals surface area contributed by atoms with Gasteiger partial charge in [0.2, 0.25) is 5.91 Å². The van der Waals surface area contributed by atoms with Crippen molar-refractivity contribution in [3.63, 3.8) is 0 Å². The zero-order valence-electron chi connectivity index (χ0n) is 11.6. The Morgan fingerprint density at radius 3 is 2.58 bits per heavy atom. The van der Waals surface area contributed by atoms with Gasteiger partial charge in [0.15, 0.2) is 0 Å². The van der Waals surface area contributed by atoms with Crippen molar-refractivity contribution in [1.29, 1.82) is 0 Å². The van der Waals surface area contributed by atoms with Crippen LogP contribution in [0.15, 0.2) is 0 Å². The molecule has 0 aromatic rings. The van der Waals surface area contributed by atoms with Crippen LogP contribution in [0, 0.1) is 5.92 Å². The molecule has 2 atom stereocenters. The Balaban J connectivity index is 1.99. The highest BCUT2D eigenvalue weighted by atomic mass is 32.2.